The average Bonchev–Trinajstić information content (AvgIpc) is 3.24. The molecule has 1 aromatic rings. The van der Waals surface area contributed by atoms with Crippen molar-refractivity contribution in [3.05, 3.63) is 41.4 Å². The number of benzene rings is 1. The zero-order valence-electron chi connectivity index (χ0n) is 14.0. The van der Waals surface area contributed by atoms with Gasteiger partial charge in [-0.3, -0.25) is 9.59 Å². The lowest BCUT2D eigenvalue weighted by Crippen LogP contribution is -2.40. The summed E-state index contributed by atoms with van der Waals surface area (Å²) in [5, 5.41) is 0.507. The number of ether oxygens (including phenoxy) is 2. The molecule has 3 aliphatic heterocycles. The molecule has 0 saturated carbocycles. The lowest BCUT2D eigenvalue weighted by atomic mass is 9.77. The average molecular weight is 362 g/mol. The van der Waals surface area contributed by atoms with Gasteiger partial charge in [0, 0.05) is 0 Å². The Morgan fingerprint density at radius 2 is 2.24 bits per heavy atom. The number of carbonyl (C=O) groups is 2. The molecule has 0 N–H and O–H groups in total. The molecule has 25 heavy (non-hydrogen) atoms. The summed E-state index contributed by atoms with van der Waals surface area (Å²) in [5.74, 6) is -1.60. The van der Waals surface area contributed by atoms with E-state index in [0.29, 0.717) is 23.9 Å². The van der Waals surface area contributed by atoms with Gasteiger partial charge in [-0.1, -0.05) is 49.2 Å². The monoisotopic (exact) mass is 361 g/mol. The molecule has 4 atom stereocenters. The molecule has 1 aromatic carbocycles. The second kappa shape index (κ2) is 6.15. The van der Waals surface area contributed by atoms with Gasteiger partial charge in [0.25, 0.3) is 0 Å². The summed E-state index contributed by atoms with van der Waals surface area (Å²) in [4.78, 5) is 27.3. The van der Waals surface area contributed by atoms with Gasteiger partial charge in [0.1, 0.15) is 11.5 Å². The van der Waals surface area contributed by atoms with Crippen LogP contribution in [0.25, 0.3) is 0 Å². The highest BCUT2D eigenvalue weighted by molar-refractivity contribution is 6.34. The molecule has 4 rings (SSSR count). The number of nitrogens with zero attached hydrogens (tertiary/aromatic N) is 1. The Kier molecular flexibility index (Phi) is 4.08. The fraction of sp³-hybridized carbons (Fsp3) is 0.474. The van der Waals surface area contributed by atoms with Gasteiger partial charge < -0.3 is 14.4 Å². The summed E-state index contributed by atoms with van der Waals surface area (Å²) in [6.07, 6.45) is 5.19. The molecular formula is C19H20ClNO4. The first-order valence-corrected chi connectivity index (χ1v) is 9.05. The second-order valence-corrected chi connectivity index (χ2v) is 7.20. The topological polar surface area (TPSA) is 55.8 Å². The number of halogens is 1. The molecule has 6 heteroatoms. The first-order chi connectivity index (χ1) is 12.1. The third kappa shape index (κ3) is 2.49. The standard InChI is InChI=1S/C19H20ClNO4/c1-2-3-10-24-18(23)15-14-8-9-19(25-14)11-21(17(22)16(15)19)13-7-5-4-6-12(13)20/h4-9,14-16H,2-3,10-11H2,1H3/t14-,15+,16-,19+/m1/s1. The molecule has 2 bridgehead atoms. The van der Waals surface area contributed by atoms with E-state index in [1.54, 1.807) is 11.0 Å². The van der Waals surface area contributed by atoms with Gasteiger partial charge in [0.2, 0.25) is 5.91 Å². The van der Waals surface area contributed by atoms with Gasteiger partial charge in [-0.2, -0.15) is 0 Å². The van der Waals surface area contributed by atoms with Gasteiger partial charge >= 0.3 is 5.97 Å². The van der Waals surface area contributed by atoms with Crippen LogP contribution in [-0.4, -0.2) is 36.7 Å². The molecular weight excluding hydrogens is 342 g/mol. The van der Waals surface area contributed by atoms with E-state index in [1.165, 1.54) is 0 Å². The Hall–Kier alpha value is -1.85. The van der Waals surface area contributed by atoms with Gasteiger partial charge in [0.05, 0.1) is 35.9 Å². The van der Waals surface area contributed by atoms with E-state index in [-0.39, 0.29) is 18.0 Å². The summed E-state index contributed by atoms with van der Waals surface area (Å²) in [6, 6.07) is 7.22. The molecule has 2 saturated heterocycles. The van der Waals surface area contributed by atoms with Crippen LogP contribution < -0.4 is 4.90 Å². The van der Waals surface area contributed by atoms with Crippen molar-refractivity contribution < 1.29 is 19.1 Å². The van der Waals surface area contributed by atoms with E-state index in [0.717, 1.165) is 12.8 Å². The first kappa shape index (κ1) is 16.6. The van der Waals surface area contributed by atoms with Crippen molar-refractivity contribution >= 4 is 29.2 Å². The van der Waals surface area contributed by atoms with Gasteiger partial charge in [-0.25, -0.2) is 0 Å². The van der Waals surface area contributed by atoms with Crippen LogP contribution in [0, 0.1) is 11.8 Å². The van der Waals surface area contributed by atoms with Crippen LogP contribution in [-0.2, 0) is 19.1 Å². The molecule has 5 nitrogen and oxygen atoms in total. The maximum absolute atomic E-state index is 13.1. The van der Waals surface area contributed by atoms with E-state index in [9.17, 15) is 9.59 Å². The predicted molar refractivity (Wildman–Crippen MR) is 93.4 cm³/mol. The molecule has 0 unspecified atom stereocenters. The third-order valence-corrected chi connectivity index (χ3v) is 5.58. The number of unbranched alkanes of at least 4 members (excludes halogenated alkanes) is 1. The number of anilines is 1. The Morgan fingerprint density at radius 1 is 1.44 bits per heavy atom. The van der Waals surface area contributed by atoms with Crippen molar-refractivity contribution in [2.75, 3.05) is 18.1 Å². The van der Waals surface area contributed by atoms with E-state index in [4.69, 9.17) is 21.1 Å². The zero-order chi connectivity index (χ0) is 17.6. The van der Waals surface area contributed by atoms with Gasteiger partial charge in [-0.05, 0) is 18.6 Å². The van der Waals surface area contributed by atoms with Gasteiger partial charge in [-0.15, -0.1) is 0 Å². The summed E-state index contributed by atoms with van der Waals surface area (Å²) in [5.41, 5.74) is -0.105. The van der Waals surface area contributed by atoms with Crippen molar-refractivity contribution in [2.24, 2.45) is 11.8 Å². The molecule has 0 aliphatic carbocycles. The fourth-order valence-electron chi connectivity index (χ4n) is 4.06. The molecule has 1 amide bonds. The lowest BCUT2D eigenvalue weighted by molar-refractivity contribution is -0.152. The minimum Gasteiger partial charge on any atom is -0.465 e. The third-order valence-electron chi connectivity index (χ3n) is 5.26. The van der Waals surface area contributed by atoms with E-state index < -0.39 is 17.4 Å². The number of fused-ring (bicyclic) bond motifs is 1. The minimum absolute atomic E-state index is 0.127. The molecule has 0 aromatic heterocycles. The van der Waals surface area contributed by atoms with Crippen molar-refractivity contribution in [2.45, 2.75) is 31.5 Å². The molecule has 132 valence electrons. The first-order valence-electron chi connectivity index (χ1n) is 8.67. The smallest absolute Gasteiger partial charge is 0.312 e. The summed E-state index contributed by atoms with van der Waals surface area (Å²) >= 11 is 6.26. The number of carbonyl (C=O) groups excluding carboxylic acids is 2. The Bertz CT molecular complexity index is 749. The highest BCUT2D eigenvalue weighted by atomic mass is 35.5. The Labute approximate surface area is 151 Å². The van der Waals surface area contributed by atoms with Crippen LogP contribution in [0.4, 0.5) is 5.69 Å². The van der Waals surface area contributed by atoms with Crippen molar-refractivity contribution in [3.63, 3.8) is 0 Å². The van der Waals surface area contributed by atoms with Crippen molar-refractivity contribution in [1.82, 2.24) is 0 Å². The lowest BCUT2D eigenvalue weighted by Gasteiger charge is -2.22. The summed E-state index contributed by atoms with van der Waals surface area (Å²) in [7, 11) is 0. The summed E-state index contributed by atoms with van der Waals surface area (Å²) in [6.45, 7) is 2.78. The van der Waals surface area contributed by atoms with E-state index in [1.807, 2.05) is 37.3 Å². The van der Waals surface area contributed by atoms with Crippen LogP contribution in [0.5, 0.6) is 0 Å². The maximum Gasteiger partial charge on any atom is 0.312 e. The minimum atomic E-state index is -0.755. The highest BCUT2D eigenvalue weighted by Crippen LogP contribution is 2.53. The number of para-hydroxylation sites is 1. The molecule has 0 radical (unpaired) electrons. The van der Waals surface area contributed by atoms with E-state index >= 15 is 0 Å². The molecule has 3 heterocycles. The van der Waals surface area contributed by atoms with Crippen molar-refractivity contribution in [3.8, 4) is 0 Å². The fourth-order valence-corrected chi connectivity index (χ4v) is 4.29. The molecule has 3 aliphatic rings. The Morgan fingerprint density at radius 3 is 3.00 bits per heavy atom. The largest absolute Gasteiger partial charge is 0.465 e. The van der Waals surface area contributed by atoms with Crippen LogP contribution in [0.15, 0.2) is 36.4 Å². The Balaban J connectivity index is 1.61. The quantitative estimate of drug-likeness (QED) is 0.459. The normalized spacial score (nSPS) is 32.3. The second-order valence-electron chi connectivity index (χ2n) is 6.80. The zero-order valence-corrected chi connectivity index (χ0v) is 14.7. The number of esters is 1. The van der Waals surface area contributed by atoms with Crippen molar-refractivity contribution in [1.29, 1.82) is 0 Å². The molecule has 2 fully saturated rings. The maximum atomic E-state index is 13.1. The number of hydrogen-bond donors (Lipinski definition) is 0. The summed E-state index contributed by atoms with van der Waals surface area (Å²) < 4.78 is 11.5. The van der Waals surface area contributed by atoms with Gasteiger partial charge in [0.15, 0.2) is 0 Å². The number of amides is 1. The highest BCUT2D eigenvalue weighted by Gasteiger charge is 2.67. The van der Waals surface area contributed by atoms with E-state index in [2.05, 4.69) is 0 Å². The SMILES string of the molecule is CCCCOC(=O)[C@H]1[C@H]2C=C[C@@]3(CN(c4ccccc4Cl)C(=O)[C@@H]13)O2. The van der Waals surface area contributed by atoms with Crippen LogP contribution >= 0.6 is 11.6 Å². The van der Waals surface area contributed by atoms with Crippen LogP contribution in [0.1, 0.15) is 19.8 Å². The van der Waals surface area contributed by atoms with Crippen LogP contribution in [0.3, 0.4) is 0 Å². The number of hydrogen-bond acceptors (Lipinski definition) is 4. The number of rotatable bonds is 5. The van der Waals surface area contributed by atoms with Crippen LogP contribution in [0.2, 0.25) is 5.02 Å². The predicted octanol–water partition coefficient (Wildman–Crippen LogP) is 2.97. The molecule has 1 spiro atoms.